The van der Waals surface area contributed by atoms with Gasteiger partial charge in [0.15, 0.2) is 0 Å². The van der Waals surface area contributed by atoms with Gasteiger partial charge in [-0.05, 0) is 56.5 Å². The number of nitrogens with zero attached hydrogens (tertiary/aromatic N) is 4. The average molecular weight is 425 g/mol. The fraction of sp³-hybridized carbons (Fsp3) is 0.364. The van der Waals surface area contributed by atoms with Crippen molar-refractivity contribution in [1.29, 1.82) is 0 Å². The van der Waals surface area contributed by atoms with Crippen LogP contribution in [0.15, 0.2) is 52.1 Å². The highest BCUT2D eigenvalue weighted by molar-refractivity contribution is 8.00. The van der Waals surface area contributed by atoms with Crippen LogP contribution in [-0.4, -0.2) is 52.7 Å². The summed E-state index contributed by atoms with van der Waals surface area (Å²) in [6.07, 6.45) is 10.0. The Labute approximate surface area is 179 Å². The Bertz CT molecular complexity index is 1020. The zero-order chi connectivity index (χ0) is 19.6. The summed E-state index contributed by atoms with van der Waals surface area (Å²) in [6, 6.07) is 10.3. The van der Waals surface area contributed by atoms with E-state index < -0.39 is 0 Å². The highest BCUT2D eigenvalue weighted by atomic mass is 32.2. The van der Waals surface area contributed by atoms with E-state index in [1.165, 1.54) is 52.7 Å². The Morgan fingerprint density at radius 2 is 2.07 bits per heavy atom. The first kappa shape index (κ1) is 18.9. The summed E-state index contributed by atoms with van der Waals surface area (Å²) < 4.78 is 3.48. The lowest BCUT2D eigenvalue weighted by atomic mass is 10.1. The minimum atomic E-state index is 0.632. The Morgan fingerprint density at radius 1 is 1.17 bits per heavy atom. The summed E-state index contributed by atoms with van der Waals surface area (Å²) in [7, 11) is 0. The van der Waals surface area contributed by atoms with Crippen LogP contribution in [0.3, 0.4) is 0 Å². The second-order valence-electron chi connectivity index (χ2n) is 7.30. The Balaban J connectivity index is 1.45. The van der Waals surface area contributed by atoms with Crippen LogP contribution < -0.4 is 0 Å². The molecule has 1 fully saturated rings. The molecule has 3 aromatic heterocycles. The van der Waals surface area contributed by atoms with Gasteiger partial charge in [-0.15, -0.1) is 23.1 Å². The van der Waals surface area contributed by atoms with E-state index in [1.54, 1.807) is 23.1 Å². The molecule has 5 heterocycles. The van der Waals surface area contributed by atoms with Gasteiger partial charge in [0.25, 0.3) is 0 Å². The third-order valence-corrected chi connectivity index (χ3v) is 7.81. The summed E-state index contributed by atoms with van der Waals surface area (Å²) in [4.78, 5) is 14.1. The molecule has 0 saturated carbocycles. The fourth-order valence-electron chi connectivity index (χ4n) is 4.11. The van der Waals surface area contributed by atoms with Crippen molar-refractivity contribution >= 4 is 28.8 Å². The van der Waals surface area contributed by atoms with Gasteiger partial charge in [0.2, 0.25) is 0 Å². The van der Waals surface area contributed by atoms with Crippen molar-refractivity contribution in [3.05, 3.63) is 53.3 Å². The van der Waals surface area contributed by atoms with Crippen molar-refractivity contribution in [1.82, 2.24) is 14.5 Å². The lowest BCUT2D eigenvalue weighted by Gasteiger charge is -2.25. The number of oxime groups is 1. The van der Waals surface area contributed by atoms with Crippen LogP contribution in [0.25, 0.3) is 16.9 Å². The molecule has 0 spiro atoms. The maximum absolute atomic E-state index is 5.81. The number of rotatable bonds is 6. The van der Waals surface area contributed by atoms with Crippen LogP contribution in [0, 0.1) is 0 Å². The summed E-state index contributed by atoms with van der Waals surface area (Å²) in [5.74, 6) is 0. The SMILES string of the molecule is CSc1sc2c(c1-c1ccccn1)-n1cccc1C2=NOCCN1CCCCC1. The second kappa shape index (κ2) is 8.34. The van der Waals surface area contributed by atoms with Crippen LogP contribution in [0.4, 0.5) is 0 Å². The molecule has 1 saturated heterocycles. The number of thioether (sulfide) groups is 1. The largest absolute Gasteiger partial charge is 0.394 e. The average Bonchev–Trinajstić information content (AvgIpc) is 3.45. The number of fused-ring (bicyclic) bond motifs is 3. The van der Waals surface area contributed by atoms with Crippen molar-refractivity contribution in [2.45, 2.75) is 23.5 Å². The molecule has 0 unspecified atom stereocenters. The van der Waals surface area contributed by atoms with Crippen molar-refractivity contribution in [2.75, 3.05) is 32.5 Å². The quantitative estimate of drug-likeness (QED) is 0.251. The minimum Gasteiger partial charge on any atom is -0.394 e. The highest BCUT2D eigenvalue weighted by Gasteiger charge is 2.33. The van der Waals surface area contributed by atoms with Crippen molar-refractivity contribution in [2.24, 2.45) is 5.16 Å². The first-order valence-corrected chi connectivity index (χ1v) is 12.1. The van der Waals surface area contributed by atoms with Crippen molar-refractivity contribution in [3.63, 3.8) is 0 Å². The Hall–Kier alpha value is -2.09. The van der Waals surface area contributed by atoms with Gasteiger partial charge in [-0.2, -0.15) is 0 Å². The molecule has 7 heteroatoms. The summed E-state index contributed by atoms with van der Waals surface area (Å²) in [6.45, 7) is 3.95. The number of pyridine rings is 1. The summed E-state index contributed by atoms with van der Waals surface area (Å²) >= 11 is 3.54. The Kier molecular flexibility index (Phi) is 5.44. The van der Waals surface area contributed by atoms with Gasteiger partial charge < -0.3 is 9.40 Å². The smallest absolute Gasteiger partial charge is 0.146 e. The molecule has 2 aliphatic heterocycles. The molecule has 2 aliphatic rings. The molecule has 0 aromatic carbocycles. The van der Waals surface area contributed by atoms with E-state index in [0.717, 1.165) is 23.6 Å². The highest BCUT2D eigenvalue weighted by Crippen LogP contribution is 2.47. The van der Waals surface area contributed by atoms with Gasteiger partial charge in [-0.25, -0.2) is 0 Å². The lowest BCUT2D eigenvalue weighted by Crippen LogP contribution is -2.32. The van der Waals surface area contributed by atoms with Crippen LogP contribution in [-0.2, 0) is 4.84 Å². The molecule has 0 amide bonds. The molecule has 0 N–H and O–H groups in total. The topological polar surface area (TPSA) is 42.6 Å². The number of thiophene rings is 1. The standard InChI is InChI=1S/C22H24N4OS2/c1-28-22-18(16-8-3-4-10-23-16)20-21(29-22)19(17-9-7-13-26(17)20)24-27-15-14-25-11-5-2-6-12-25/h3-4,7-10,13H,2,5-6,11-12,14-15H2,1H3. The van der Waals surface area contributed by atoms with E-state index in [-0.39, 0.29) is 0 Å². The van der Waals surface area contributed by atoms with Crippen molar-refractivity contribution < 1.29 is 4.84 Å². The molecule has 5 rings (SSSR count). The molecule has 0 bridgehead atoms. The zero-order valence-electron chi connectivity index (χ0n) is 16.5. The van der Waals surface area contributed by atoms with E-state index in [4.69, 9.17) is 4.84 Å². The monoisotopic (exact) mass is 424 g/mol. The third-order valence-electron chi connectivity index (χ3n) is 5.51. The fourth-order valence-corrected chi connectivity index (χ4v) is 6.12. The van der Waals surface area contributed by atoms with Gasteiger partial charge in [0.1, 0.15) is 12.3 Å². The van der Waals surface area contributed by atoms with Gasteiger partial charge in [-0.3, -0.25) is 9.88 Å². The lowest BCUT2D eigenvalue weighted by molar-refractivity contribution is 0.103. The summed E-state index contributed by atoms with van der Waals surface area (Å²) in [5.41, 5.74) is 5.40. The zero-order valence-corrected chi connectivity index (χ0v) is 18.1. The van der Waals surface area contributed by atoms with E-state index in [1.807, 2.05) is 18.3 Å². The van der Waals surface area contributed by atoms with E-state index >= 15 is 0 Å². The van der Waals surface area contributed by atoms with Crippen molar-refractivity contribution in [3.8, 4) is 16.9 Å². The molecule has 150 valence electrons. The Morgan fingerprint density at radius 3 is 2.86 bits per heavy atom. The first-order valence-electron chi connectivity index (χ1n) is 10.1. The number of likely N-dealkylation sites (tertiary alicyclic amines) is 1. The normalized spacial score (nSPS) is 17.5. The number of hydrogen-bond acceptors (Lipinski definition) is 6. The van der Waals surface area contributed by atoms with E-state index in [9.17, 15) is 0 Å². The predicted molar refractivity (Wildman–Crippen MR) is 121 cm³/mol. The molecular formula is C22H24N4OS2. The number of hydrogen-bond donors (Lipinski definition) is 0. The molecule has 5 nitrogen and oxygen atoms in total. The maximum Gasteiger partial charge on any atom is 0.146 e. The second-order valence-corrected chi connectivity index (χ2v) is 9.40. The third kappa shape index (κ3) is 3.52. The van der Waals surface area contributed by atoms with Crippen LogP contribution in [0.1, 0.15) is 29.8 Å². The van der Waals surface area contributed by atoms with Gasteiger partial charge in [0, 0.05) is 24.5 Å². The molecule has 0 atom stereocenters. The molecule has 3 aromatic rings. The number of aromatic nitrogens is 2. The van der Waals surface area contributed by atoms with Gasteiger partial charge in [0.05, 0.1) is 26.2 Å². The van der Waals surface area contributed by atoms with Crippen LogP contribution >= 0.6 is 23.1 Å². The predicted octanol–water partition coefficient (Wildman–Crippen LogP) is 4.89. The summed E-state index contributed by atoms with van der Waals surface area (Å²) in [5, 5.41) is 4.59. The van der Waals surface area contributed by atoms with Gasteiger partial charge >= 0.3 is 0 Å². The molecule has 29 heavy (non-hydrogen) atoms. The van der Waals surface area contributed by atoms with Crippen LogP contribution in [0.2, 0.25) is 0 Å². The van der Waals surface area contributed by atoms with E-state index in [2.05, 4.69) is 50.3 Å². The molecule has 0 aliphatic carbocycles. The first-order chi connectivity index (χ1) is 14.4. The number of piperidine rings is 1. The molecule has 0 radical (unpaired) electrons. The maximum atomic E-state index is 5.81. The minimum absolute atomic E-state index is 0.632. The van der Waals surface area contributed by atoms with Crippen LogP contribution in [0.5, 0.6) is 0 Å². The van der Waals surface area contributed by atoms with Gasteiger partial charge in [-0.1, -0.05) is 17.6 Å². The van der Waals surface area contributed by atoms with E-state index in [0.29, 0.717) is 6.61 Å². The molecular weight excluding hydrogens is 400 g/mol.